The first-order valence-corrected chi connectivity index (χ1v) is 4.04. The Morgan fingerprint density at radius 3 is 2.83 bits per heavy atom. The van der Waals surface area contributed by atoms with Crippen LogP contribution < -0.4 is 4.74 Å². The third kappa shape index (κ3) is 1.79. The predicted octanol–water partition coefficient (Wildman–Crippen LogP) is 2.93. The fourth-order valence-electron chi connectivity index (χ4n) is 0.704. The molecule has 66 valence electrons. The summed E-state index contributed by atoms with van der Waals surface area (Å²) in [5, 5.41) is 0.0348. The molecule has 5 heteroatoms. The van der Waals surface area contributed by atoms with Crippen LogP contribution in [0.5, 0.6) is 5.75 Å². The van der Waals surface area contributed by atoms with Crippen molar-refractivity contribution >= 4 is 23.2 Å². The van der Waals surface area contributed by atoms with Crippen LogP contribution in [0.4, 0.5) is 4.39 Å². The summed E-state index contributed by atoms with van der Waals surface area (Å²) in [5.41, 5.74) is 0. The van der Waals surface area contributed by atoms with Gasteiger partial charge in [-0.15, -0.1) is 0 Å². The Balaban J connectivity index is 3.14. The molecule has 0 amide bonds. The lowest BCUT2D eigenvalue weighted by molar-refractivity contribution is 0.337. The minimum absolute atomic E-state index is 0.147. The maximum Gasteiger partial charge on any atom is 0.235 e. The molecule has 1 aromatic heterocycles. The van der Waals surface area contributed by atoms with E-state index in [1.807, 2.05) is 0 Å². The van der Waals surface area contributed by atoms with Crippen molar-refractivity contribution in [2.45, 2.75) is 6.92 Å². The molecule has 0 aliphatic carbocycles. The minimum Gasteiger partial charge on any atom is -0.491 e. The fourth-order valence-corrected chi connectivity index (χ4v) is 1.16. The number of nitrogens with zero attached hydrogens (tertiary/aromatic N) is 1. The molecule has 0 aliphatic heterocycles. The fraction of sp³-hybridized carbons (Fsp3) is 0.286. The largest absolute Gasteiger partial charge is 0.491 e. The number of aromatic nitrogens is 1. The maximum atomic E-state index is 12.7. The summed E-state index contributed by atoms with van der Waals surface area (Å²) < 4.78 is 17.7. The van der Waals surface area contributed by atoms with Crippen molar-refractivity contribution in [1.29, 1.82) is 0 Å². The van der Waals surface area contributed by atoms with Crippen LogP contribution in [-0.4, -0.2) is 11.6 Å². The summed E-state index contributed by atoms with van der Waals surface area (Å²) in [7, 11) is 0. The van der Waals surface area contributed by atoms with Crippen LogP contribution in [0.1, 0.15) is 6.92 Å². The van der Waals surface area contributed by atoms with Crippen LogP contribution in [0.15, 0.2) is 6.20 Å². The van der Waals surface area contributed by atoms with E-state index in [1.165, 1.54) is 0 Å². The van der Waals surface area contributed by atoms with Crippen LogP contribution >= 0.6 is 23.2 Å². The van der Waals surface area contributed by atoms with Crippen molar-refractivity contribution in [3.8, 4) is 5.75 Å². The molecule has 0 fully saturated rings. The Morgan fingerprint density at radius 1 is 1.58 bits per heavy atom. The van der Waals surface area contributed by atoms with E-state index in [1.54, 1.807) is 6.92 Å². The molecule has 1 rings (SSSR count). The van der Waals surface area contributed by atoms with Crippen molar-refractivity contribution in [2.24, 2.45) is 0 Å². The molecular weight excluding hydrogens is 204 g/mol. The van der Waals surface area contributed by atoms with Crippen LogP contribution in [0.2, 0.25) is 10.0 Å². The summed E-state index contributed by atoms with van der Waals surface area (Å²) in [6.07, 6.45) is 1.16. The monoisotopic (exact) mass is 209 g/mol. The molecule has 12 heavy (non-hydrogen) atoms. The molecule has 0 aliphatic rings. The summed E-state index contributed by atoms with van der Waals surface area (Å²) in [5.74, 6) is -0.627. The van der Waals surface area contributed by atoms with E-state index in [2.05, 4.69) is 4.98 Å². The Kier molecular flexibility index (Phi) is 3.12. The van der Waals surface area contributed by atoms with E-state index in [0.29, 0.717) is 6.61 Å². The van der Waals surface area contributed by atoms with E-state index < -0.39 is 5.95 Å². The quantitative estimate of drug-likeness (QED) is 0.700. The van der Waals surface area contributed by atoms with Gasteiger partial charge < -0.3 is 4.74 Å². The van der Waals surface area contributed by atoms with E-state index >= 15 is 0 Å². The SMILES string of the molecule is CCOc1c(Cl)cnc(F)c1Cl. The molecule has 0 N–H and O–H groups in total. The van der Waals surface area contributed by atoms with E-state index in [0.717, 1.165) is 6.20 Å². The number of rotatable bonds is 2. The van der Waals surface area contributed by atoms with Crippen molar-refractivity contribution in [3.05, 3.63) is 22.2 Å². The minimum atomic E-state index is -0.774. The number of halogens is 3. The zero-order chi connectivity index (χ0) is 9.14. The summed E-state index contributed by atoms with van der Waals surface area (Å²) in [4.78, 5) is 3.31. The Labute approximate surface area is 79.3 Å². The zero-order valence-corrected chi connectivity index (χ0v) is 7.79. The van der Waals surface area contributed by atoms with Gasteiger partial charge in [0.25, 0.3) is 0 Å². The van der Waals surface area contributed by atoms with Gasteiger partial charge in [-0.25, -0.2) is 4.98 Å². The highest BCUT2D eigenvalue weighted by Gasteiger charge is 2.12. The average Bonchev–Trinajstić information content (AvgIpc) is 2.06. The Morgan fingerprint density at radius 2 is 2.25 bits per heavy atom. The number of hydrogen-bond acceptors (Lipinski definition) is 2. The lowest BCUT2D eigenvalue weighted by Crippen LogP contribution is -1.96. The molecule has 0 spiro atoms. The van der Waals surface area contributed by atoms with Gasteiger partial charge in [-0.05, 0) is 6.92 Å². The molecule has 1 heterocycles. The van der Waals surface area contributed by atoms with E-state index in [9.17, 15) is 4.39 Å². The molecule has 0 saturated heterocycles. The standard InChI is InChI=1S/C7H6Cl2FNO/c1-2-12-6-4(8)3-11-7(10)5(6)9/h3H,2H2,1H3. The maximum absolute atomic E-state index is 12.7. The van der Waals surface area contributed by atoms with Crippen LogP contribution in [-0.2, 0) is 0 Å². The van der Waals surface area contributed by atoms with Crippen LogP contribution in [0, 0.1) is 5.95 Å². The first-order valence-electron chi connectivity index (χ1n) is 3.29. The van der Waals surface area contributed by atoms with Crippen molar-refractivity contribution < 1.29 is 9.13 Å². The normalized spacial score (nSPS) is 10.0. The molecule has 2 nitrogen and oxygen atoms in total. The lowest BCUT2D eigenvalue weighted by Gasteiger charge is -2.06. The zero-order valence-electron chi connectivity index (χ0n) is 6.27. The van der Waals surface area contributed by atoms with Gasteiger partial charge in [-0.1, -0.05) is 23.2 Å². The molecule has 0 saturated carbocycles. The lowest BCUT2D eigenvalue weighted by atomic mass is 10.4. The van der Waals surface area contributed by atoms with Gasteiger partial charge in [0.1, 0.15) is 10.0 Å². The van der Waals surface area contributed by atoms with Crippen molar-refractivity contribution in [3.63, 3.8) is 0 Å². The topological polar surface area (TPSA) is 22.1 Å². The van der Waals surface area contributed by atoms with Gasteiger partial charge in [-0.2, -0.15) is 4.39 Å². The first kappa shape index (κ1) is 9.55. The molecule has 0 unspecified atom stereocenters. The molecular formula is C7H6Cl2FNO. The van der Waals surface area contributed by atoms with E-state index in [-0.39, 0.29) is 15.8 Å². The molecule has 0 aromatic carbocycles. The van der Waals surface area contributed by atoms with Gasteiger partial charge >= 0.3 is 0 Å². The third-order valence-electron chi connectivity index (χ3n) is 1.18. The van der Waals surface area contributed by atoms with Gasteiger partial charge in [0.05, 0.1) is 12.8 Å². The van der Waals surface area contributed by atoms with E-state index in [4.69, 9.17) is 27.9 Å². The number of pyridine rings is 1. The second-order valence-electron chi connectivity index (χ2n) is 1.97. The molecule has 0 bridgehead atoms. The van der Waals surface area contributed by atoms with Gasteiger partial charge in [0.15, 0.2) is 5.75 Å². The summed E-state index contributed by atoms with van der Waals surface area (Å²) in [6, 6.07) is 0. The van der Waals surface area contributed by atoms with Gasteiger partial charge in [0, 0.05) is 0 Å². The number of ether oxygens (including phenoxy) is 1. The molecule has 1 aromatic rings. The Hall–Kier alpha value is -0.540. The highest BCUT2D eigenvalue weighted by Crippen LogP contribution is 2.33. The number of hydrogen-bond donors (Lipinski definition) is 0. The van der Waals surface area contributed by atoms with Gasteiger partial charge in [0.2, 0.25) is 5.95 Å². The average molecular weight is 210 g/mol. The summed E-state index contributed by atoms with van der Waals surface area (Å²) in [6.45, 7) is 2.13. The highest BCUT2D eigenvalue weighted by molar-refractivity contribution is 6.36. The second-order valence-corrected chi connectivity index (χ2v) is 2.76. The second kappa shape index (κ2) is 3.92. The van der Waals surface area contributed by atoms with Crippen molar-refractivity contribution in [1.82, 2.24) is 4.98 Å². The van der Waals surface area contributed by atoms with Crippen LogP contribution in [0.3, 0.4) is 0 Å². The summed E-state index contributed by atoms with van der Waals surface area (Å²) >= 11 is 11.2. The molecule has 0 atom stereocenters. The van der Waals surface area contributed by atoms with Crippen LogP contribution in [0.25, 0.3) is 0 Å². The molecule has 0 radical (unpaired) electrons. The predicted molar refractivity (Wildman–Crippen MR) is 45.4 cm³/mol. The van der Waals surface area contributed by atoms with Gasteiger partial charge in [-0.3, -0.25) is 0 Å². The van der Waals surface area contributed by atoms with Crippen molar-refractivity contribution in [2.75, 3.05) is 6.61 Å². The highest BCUT2D eigenvalue weighted by atomic mass is 35.5. The smallest absolute Gasteiger partial charge is 0.235 e. The first-order chi connectivity index (χ1) is 5.66. The Bertz CT molecular complexity index is 293. The third-order valence-corrected chi connectivity index (χ3v) is 1.77.